The Bertz CT molecular complexity index is 500. The summed E-state index contributed by atoms with van der Waals surface area (Å²) in [5.41, 5.74) is 0.479. The Morgan fingerprint density at radius 1 is 1.58 bits per heavy atom. The molecule has 0 saturated carbocycles. The average Bonchev–Trinajstić information content (AvgIpc) is 2.92. The molecule has 6 nitrogen and oxygen atoms in total. The van der Waals surface area contributed by atoms with Crippen LogP contribution >= 0.6 is 11.3 Å². The second-order valence-corrected chi connectivity index (χ2v) is 5.69. The predicted molar refractivity (Wildman–Crippen MR) is 69.2 cm³/mol. The van der Waals surface area contributed by atoms with Crippen LogP contribution in [-0.4, -0.2) is 34.7 Å². The monoisotopic (exact) mass is 284 g/mol. The van der Waals surface area contributed by atoms with Crippen LogP contribution in [-0.2, 0) is 16.1 Å². The number of carbonyl (C=O) groups is 2. The van der Waals surface area contributed by atoms with Crippen LogP contribution in [0.15, 0.2) is 0 Å². The lowest BCUT2D eigenvalue weighted by Gasteiger charge is -2.13. The molecule has 2 heterocycles. The highest BCUT2D eigenvalue weighted by Crippen LogP contribution is 2.21. The molecule has 2 N–H and O–H groups in total. The standard InChI is InChI=1S/C12H16N2O4S/c1-6-3-4-18-9(6)11(15)13-5-8-14-7(2)10(19-8)12(16)17/h6,9H,3-5H2,1-2H3,(H,13,15)(H,16,17). The number of hydrogen-bond donors (Lipinski definition) is 2. The number of amides is 1. The molecule has 1 saturated heterocycles. The van der Waals surface area contributed by atoms with Crippen LogP contribution in [0.1, 0.15) is 33.7 Å². The number of aryl methyl sites for hydroxylation is 1. The van der Waals surface area contributed by atoms with Gasteiger partial charge in [-0.1, -0.05) is 6.92 Å². The number of carboxylic acids is 1. The third-order valence-corrected chi connectivity index (χ3v) is 4.24. The summed E-state index contributed by atoms with van der Waals surface area (Å²) in [4.78, 5) is 27.1. The predicted octanol–water partition coefficient (Wildman–Crippen LogP) is 1.19. The van der Waals surface area contributed by atoms with Gasteiger partial charge in [-0.2, -0.15) is 0 Å². The molecule has 0 aliphatic carbocycles. The van der Waals surface area contributed by atoms with E-state index in [0.717, 1.165) is 17.8 Å². The first-order valence-electron chi connectivity index (χ1n) is 6.08. The fourth-order valence-electron chi connectivity index (χ4n) is 2.02. The molecule has 1 aliphatic heterocycles. The lowest BCUT2D eigenvalue weighted by Crippen LogP contribution is -2.36. The molecule has 1 aromatic heterocycles. The molecule has 1 fully saturated rings. The van der Waals surface area contributed by atoms with Crippen molar-refractivity contribution in [2.24, 2.45) is 5.92 Å². The third kappa shape index (κ3) is 3.10. The van der Waals surface area contributed by atoms with Crippen molar-refractivity contribution in [3.8, 4) is 0 Å². The number of nitrogens with zero attached hydrogens (tertiary/aromatic N) is 1. The Hall–Kier alpha value is -1.47. The molecule has 0 spiro atoms. The van der Waals surface area contributed by atoms with Crippen molar-refractivity contribution in [3.63, 3.8) is 0 Å². The molecule has 2 unspecified atom stereocenters. The Kier molecular flexibility index (Phi) is 4.16. The molecule has 7 heteroatoms. The van der Waals surface area contributed by atoms with Gasteiger partial charge in [0.2, 0.25) is 5.91 Å². The SMILES string of the molecule is Cc1nc(CNC(=O)C2OCCC2C)sc1C(=O)O. The molecule has 19 heavy (non-hydrogen) atoms. The maximum atomic E-state index is 11.9. The molecule has 1 amide bonds. The van der Waals surface area contributed by atoms with E-state index >= 15 is 0 Å². The average molecular weight is 284 g/mol. The number of hydrogen-bond acceptors (Lipinski definition) is 5. The van der Waals surface area contributed by atoms with E-state index in [-0.39, 0.29) is 23.2 Å². The van der Waals surface area contributed by atoms with Gasteiger partial charge in [-0.25, -0.2) is 9.78 Å². The number of aromatic carboxylic acids is 1. The van der Waals surface area contributed by atoms with E-state index in [1.54, 1.807) is 6.92 Å². The molecule has 1 aromatic rings. The number of aromatic nitrogens is 1. The summed E-state index contributed by atoms with van der Waals surface area (Å²) in [6.45, 7) is 4.48. The minimum absolute atomic E-state index is 0.158. The molecule has 0 bridgehead atoms. The van der Waals surface area contributed by atoms with Gasteiger partial charge in [-0.15, -0.1) is 11.3 Å². The van der Waals surface area contributed by atoms with Gasteiger partial charge in [0, 0.05) is 6.61 Å². The van der Waals surface area contributed by atoms with Crippen LogP contribution in [0.3, 0.4) is 0 Å². The second kappa shape index (κ2) is 5.66. The number of rotatable bonds is 4. The quantitative estimate of drug-likeness (QED) is 0.867. The van der Waals surface area contributed by atoms with Crippen LogP contribution in [0.4, 0.5) is 0 Å². The Balaban J connectivity index is 1.93. The lowest BCUT2D eigenvalue weighted by molar-refractivity contribution is -0.131. The van der Waals surface area contributed by atoms with Crippen molar-refractivity contribution in [1.29, 1.82) is 0 Å². The molecule has 0 radical (unpaired) electrons. The topological polar surface area (TPSA) is 88.5 Å². The van der Waals surface area contributed by atoms with Crippen molar-refractivity contribution >= 4 is 23.2 Å². The summed E-state index contributed by atoms with van der Waals surface area (Å²) >= 11 is 1.09. The van der Waals surface area contributed by atoms with Gasteiger partial charge in [0.15, 0.2) is 0 Å². The minimum atomic E-state index is -0.986. The van der Waals surface area contributed by atoms with Crippen molar-refractivity contribution in [2.75, 3.05) is 6.61 Å². The number of carbonyl (C=O) groups excluding carboxylic acids is 1. The van der Waals surface area contributed by atoms with Gasteiger partial charge in [0.25, 0.3) is 0 Å². The van der Waals surface area contributed by atoms with Crippen LogP contribution in [0.25, 0.3) is 0 Å². The lowest BCUT2D eigenvalue weighted by atomic mass is 10.0. The maximum Gasteiger partial charge on any atom is 0.347 e. The van der Waals surface area contributed by atoms with E-state index in [2.05, 4.69) is 10.3 Å². The molecule has 0 aromatic carbocycles. The third-order valence-electron chi connectivity index (χ3n) is 3.09. The first kappa shape index (κ1) is 14.0. The zero-order valence-electron chi connectivity index (χ0n) is 10.8. The molecule has 2 atom stereocenters. The molecular weight excluding hydrogens is 268 g/mol. The van der Waals surface area contributed by atoms with Crippen molar-refractivity contribution in [2.45, 2.75) is 32.9 Å². The summed E-state index contributed by atoms with van der Waals surface area (Å²) in [5.74, 6) is -0.928. The minimum Gasteiger partial charge on any atom is -0.477 e. The van der Waals surface area contributed by atoms with Crippen molar-refractivity contribution in [1.82, 2.24) is 10.3 Å². The Morgan fingerprint density at radius 3 is 2.84 bits per heavy atom. The van der Waals surface area contributed by atoms with Gasteiger partial charge < -0.3 is 15.2 Å². The van der Waals surface area contributed by atoms with E-state index in [4.69, 9.17) is 9.84 Å². The van der Waals surface area contributed by atoms with Gasteiger partial charge in [0.1, 0.15) is 16.0 Å². The van der Waals surface area contributed by atoms with Crippen LogP contribution in [0.2, 0.25) is 0 Å². The van der Waals surface area contributed by atoms with E-state index < -0.39 is 12.1 Å². The zero-order chi connectivity index (χ0) is 14.0. The highest BCUT2D eigenvalue weighted by molar-refractivity contribution is 7.13. The summed E-state index contributed by atoms with van der Waals surface area (Å²) in [6, 6.07) is 0. The van der Waals surface area contributed by atoms with E-state index in [1.807, 2.05) is 6.92 Å². The van der Waals surface area contributed by atoms with Gasteiger partial charge in [-0.3, -0.25) is 4.79 Å². The number of ether oxygens (including phenoxy) is 1. The highest BCUT2D eigenvalue weighted by atomic mass is 32.1. The van der Waals surface area contributed by atoms with Crippen molar-refractivity contribution in [3.05, 3.63) is 15.6 Å². The summed E-state index contributed by atoms with van der Waals surface area (Å²) in [5, 5.41) is 12.3. The van der Waals surface area contributed by atoms with Crippen LogP contribution in [0.5, 0.6) is 0 Å². The summed E-state index contributed by atoms with van der Waals surface area (Å²) in [7, 11) is 0. The fraction of sp³-hybridized carbons (Fsp3) is 0.583. The zero-order valence-corrected chi connectivity index (χ0v) is 11.6. The normalized spacial score (nSPS) is 22.4. The summed E-state index contributed by atoms with van der Waals surface area (Å²) < 4.78 is 5.36. The summed E-state index contributed by atoms with van der Waals surface area (Å²) in [6.07, 6.45) is 0.484. The molecule has 2 rings (SSSR count). The largest absolute Gasteiger partial charge is 0.477 e. The first-order chi connectivity index (χ1) is 8.99. The molecule has 1 aliphatic rings. The van der Waals surface area contributed by atoms with Gasteiger partial charge in [0.05, 0.1) is 12.2 Å². The number of carboxylic acid groups (broad SMARTS) is 1. The maximum absolute atomic E-state index is 11.9. The number of thiazole rings is 1. The molecule has 104 valence electrons. The Morgan fingerprint density at radius 2 is 2.32 bits per heavy atom. The van der Waals surface area contributed by atoms with Gasteiger partial charge >= 0.3 is 5.97 Å². The van der Waals surface area contributed by atoms with E-state index in [0.29, 0.717) is 17.3 Å². The second-order valence-electron chi connectivity index (χ2n) is 4.60. The van der Waals surface area contributed by atoms with Gasteiger partial charge in [-0.05, 0) is 19.3 Å². The van der Waals surface area contributed by atoms with E-state index in [1.165, 1.54) is 0 Å². The van der Waals surface area contributed by atoms with Crippen molar-refractivity contribution < 1.29 is 19.4 Å². The highest BCUT2D eigenvalue weighted by Gasteiger charge is 2.30. The van der Waals surface area contributed by atoms with Crippen LogP contribution < -0.4 is 5.32 Å². The molecular formula is C12H16N2O4S. The van der Waals surface area contributed by atoms with Crippen LogP contribution in [0, 0.1) is 12.8 Å². The van der Waals surface area contributed by atoms with E-state index in [9.17, 15) is 9.59 Å². The smallest absolute Gasteiger partial charge is 0.347 e. The number of nitrogens with one attached hydrogen (secondary N) is 1. The Labute approximate surface area is 114 Å². The first-order valence-corrected chi connectivity index (χ1v) is 6.89. The fourth-order valence-corrected chi connectivity index (χ4v) is 2.86.